The molecule has 6 heteroatoms. The Bertz CT molecular complexity index is 685. The van der Waals surface area contributed by atoms with Crippen LogP contribution in [-0.4, -0.2) is 49.1 Å². The third kappa shape index (κ3) is 6.46. The Balaban J connectivity index is 1.45. The van der Waals surface area contributed by atoms with E-state index in [2.05, 4.69) is 10.2 Å². The van der Waals surface area contributed by atoms with E-state index >= 15 is 0 Å². The van der Waals surface area contributed by atoms with Crippen LogP contribution in [0.25, 0.3) is 0 Å². The van der Waals surface area contributed by atoms with E-state index in [1.807, 2.05) is 25.1 Å². The summed E-state index contributed by atoms with van der Waals surface area (Å²) >= 11 is 0. The smallest absolute Gasteiger partial charge is 0.224 e. The molecule has 3 rings (SSSR count). The average Bonchev–Trinajstić information content (AvgIpc) is 2.75. The van der Waals surface area contributed by atoms with Crippen molar-refractivity contribution in [2.45, 2.75) is 70.8 Å². The molecule has 160 valence electrons. The lowest BCUT2D eigenvalue weighted by Gasteiger charge is -2.34. The summed E-state index contributed by atoms with van der Waals surface area (Å²) in [7, 11) is 0. The van der Waals surface area contributed by atoms with Crippen molar-refractivity contribution in [2.24, 2.45) is 0 Å². The van der Waals surface area contributed by atoms with E-state index in [1.54, 1.807) is 0 Å². The predicted molar refractivity (Wildman–Crippen MR) is 113 cm³/mol. The molecule has 1 fully saturated rings. The monoisotopic (exact) mass is 402 g/mol. The first-order valence-electron chi connectivity index (χ1n) is 11.1. The molecule has 0 saturated heterocycles. The summed E-state index contributed by atoms with van der Waals surface area (Å²) in [6, 6.07) is 6.13. The highest BCUT2D eigenvalue weighted by atomic mass is 16.5. The van der Waals surface area contributed by atoms with Crippen molar-refractivity contribution in [2.75, 3.05) is 31.7 Å². The number of anilines is 1. The zero-order valence-corrected chi connectivity index (χ0v) is 17.6. The molecule has 1 aliphatic carbocycles. The van der Waals surface area contributed by atoms with Crippen LogP contribution in [0.2, 0.25) is 0 Å². The van der Waals surface area contributed by atoms with Gasteiger partial charge in [0, 0.05) is 37.7 Å². The summed E-state index contributed by atoms with van der Waals surface area (Å²) in [4.78, 5) is 26.3. The third-order valence-corrected chi connectivity index (χ3v) is 5.79. The quantitative estimate of drug-likeness (QED) is 0.602. The van der Waals surface area contributed by atoms with E-state index in [0.717, 1.165) is 36.3 Å². The van der Waals surface area contributed by atoms with Gasteiger partial charge in [-0.05, 0) is 56.4 Å². The lowest BCUT2D eigenvalue weighted by Crippen LogP contribution is -2.43. The number of fused-ring (bicyclic) bond motifs is 1. The van der Waals surface area contributed by atoms with Gasteiger partial charge in [-0.3, -0.25) is 9.59 Å². The van der Waals surface area contributed by atoms with Crippen molar-refractivity contribution >= 4 is 17.5 Å². The fraction of sp³-hybridized carbons (Fsp3) is 0.652. The number of rotatable bonds is 10. The molecule has 0 radical (unpaired) electrons. The SMILES string of the molecule is CCOCCN(C(=O)CCCOc1ccc2c(c1)CCC(=O)N2)C1CCCCC1. The largest absolute Gasteiger partial charge is 0.494 e. The fourth-order valence-corrected chi connectivity index (χ4v) is 4.22. The number of carbonyl (C=O) groups excluding carboxylic acids is 2. The van der Waals surface area contributed by atoms with Crippen molar-refractivity contribution in [3.8, 4) is 5.75 Å². The maximum absolute atomic E-state index is 12.8. The standard InChI is InChI=1S/C23H34N2O4/c1-2-28-16-14-25(19-7-4-3-5-8-19)23(27)9-6-15-29-20-11-12-21-18(17-20)10-13-22(26)24-21/h11-12,17,19H,2-10,13-16H2,1H3,(H,24,26). The number of benzene rings is 1. The Morgan fingerprint density at radius 2 is 2.00 bits per heavy atom. The van der Waals surface area contributed by atoms with E-state index in [9.17, 15) is 9.59 Å². The molecule has 6 nitrogen and oxygen atoms in total. The van der Waals surface area contributed by atoms with Crippen molar-refractivity contribution in [1.29, 1.82) is 0 Å². The number of nitrogens with one attached hydrogen (secondary N) is 1. The number of hydrogen-bond acceptors (Lipinski definition) is 4. The second kappa shape index (κ2) is 11.2. The second-order valence-electron chi connectivity index (χ2n) is 7.90. The van der Waals surface area contributed by atoms with Gasteiger partial charge in [0.1, 0.15) is 5.75 Å². The van der Waals surface area contributed by atoms with Crippen LogP contribution in [0.1, 0.15) is 63.9 Å². The van der Waals surface area contributed by atoms with Crippen molar-refractivity contribution in [3.05, 3.63) is 23.8 Å². The van der Waals surface area contributed by atoms with Gasteiger partial charge >= 0.3 is 0 Å². The molecule has 1 aliphatic heterocycles. The highest BCUT2D eigenvalue weighted by Crippen LogP contribution is 2.27. The van der Waals surface area contributed by atoms with Crippen LogP contribution in [0.3, 0.4) is 0 Å². The fourth-order valence-electron chi connectivity index (χ4n) is 4.22. The first-order chi connectivity index (χ1) is 14.2. The van der Waals surface area contributed by atoms with Gasteiger partial charge in [-0.25, -0.2) is 0 Å². The number of nitrogens with zero attached hydrogens (tertiary/aromatic N) is 1. The van der Waals surface area contributed by atoms with E-state index in [4.69, 9.17) is 9.47 Å². The maximum atomic E-state index is 12.8. The van der Waals surface area contributed by atoms with Crippen LogP contribution in [-0.2, 0) is 20.7 Å². The first kappa shape index (κ1) is 21.6. The Morgan fingerprint density at radius 3 is 2.79 bits per heavy atom. The van der Waals surface area contributed by atoms with Crippen LogP contribution in [0, 0.1) is 0 Å². The van der Waals surface area contributed by atoms with Gasteiger partial charge in [-0.15, -0.1) is 0 Å². The summed E-state index contributed by atoms with van der Waals surface area (Å²) in [6.07, 6.45) is 8.39. The minimum absolute atomic E-state index is 0.0662. The molecule has 0 spiro atoms. The number of ether oxygens (including phenoxy) is 2. The number of aryl methyl sites for hydroxylation is 1. The van der Waals surface area contributed by atoms with E-state index in [-0.39, 0.29) is 11.8 Å². The normalized spacial score (nSPS) is 16.8. The molecule has 0 atom stereocenters. The predicted octanol–water partition coefficient (Wildman–Crippen LogP) is 3.93. The van der Waals surface area contributed by atoms with Crippen molar-refractivity contribution in [1.82, 2.24) is 4.90 Å². The lowest BCUT2D eigenvalue weighted by molar-refractivity contribution is -0.135. The minimum Gasteiger partial charge on any atom is -0.494 e. The molecule has 1 aromatic rings. The maximum Gasteiger partial charge on any atom is 0.224 e. The van der Waals surface area contributed by atoms with Gasteiger partial charge in [-0.1, -0.05) is 19.3 Å². The van der Waals surface area contributed by atoms with Gasteiger partial charge in [0.25, 0.3) is 0 Å². The summed E-state index contributed by atoms with van der Waals surface area (Å²) < 4.78 is 11.4. The average molecular weight is 403 g/mol. The molecule has 2 amide bonds. The molecular weight excluding hydrogens is 368 g/mol. The lowest BCUT2D eigenvalue weighted by atomic mass is 9.94. The molecular formula is C23H34N2O4. The van der Waals surface area contributed by atoms with E-state index < -0.39 is 0 Å². The Hall–Kier alpha value is -2.08. The van der Waals surface area contributed by atoms with Crippen LogP contribution in [0.15, 0.2) is 18.2 Å². The summed E-state index contributed by atoms with van der Waals surface area (Å²) in [5.74, 6) is 1.08. The Morgan fingerprint density at radius 1 is 1.17 bits per heavy atom. The molecule has 1 saturated carbocycles. The number of carbonyl (C=O) groups is 2. The first-order valence-corrected chi connectivity index (χ1v) is 11.1. The molecule has 0 unspecified atom stereocenters. The molecule has 2 aliphatic rings. The van der Waals surface area contributed by atoms with Gasteiger partial charge in [-0.2, -0.15) is 0 Å². The van der Waals surface area contributed by atoms with Crippen LogP contribution in [0.5, 0.6) is 5.75 Å². The van der Waals surface area contributed by atoms with Gasteiger partial charge in [0.2, 0.25) is 11.8 Å². The van der Waals surface area contributed by atoms with Crippen molar-refractivity contribution in [3.63, 3.8) is 0 Å². The molecule has 0 aromatic heterocycles. The second-order valence-corrected chi connectivity index (χ2v) is 7.90. The van der Waals surface area contributed by atoms with Crippen LogP contribution in [0.4, 0.5) is 5.69 Å². The van der Waals surface area contributed by atoms with E-state index in [0.29, 0.717) is 51.7 Å². The molecule has 1 N–H and O–H groups in total. The topological polar surface area (TPSA) is 67.9 Å². The van der Waals surface area contributed by atoms with Gasteiger partial charge < -0.3 is 19.7 Å². The molecule has 29 heavy (non-hydrogen) atoms. The zero-order chi connectivity index (χ0) is 20.5. The van der Waals surface area contributed by atoms with Crippen molar-refractivity contribution < 1.29 is 19.1 Å². The molecule has 1 aromatic carbocycles. The summed E-state index contributed by atoms with van der Waals surface area (Å²) in [6.45, 7) is 4.49. The molecule has 1 heterocycles. The Kier molecular flexibility index (Phi) is 8.35. The van der Waals surface area contributed by atoms with E-state index in [1.165, 1.54) is 19.3 Å². The van der Waals surface area contributed by atoms with Gasteiger partial charge in [0.15, 0.2) is 0 Å². The third-order valence-electron chi connectivity index (χ3n) is 5.79. The van der Waals surface area contributed by atoms with Crippen LogP contribution < -0.4 is 10.1 Å². The summed E-state index contributed by atoms with van der Waals surface area (Å²) in [5, 5.41) is 2.88. The highest BCUT2D eigenvalue weighted by Gasteiger charge is 2.24. The molecule has 0 bridgehead atoms. The Labute approximate surface area is 173 Å². The number of hydrogen-bond donors (Lipinski definition) is 1. The minimum atomic E-state index is 0.0662. The summed E-state index contributed by atoms with van der Waals surface area (Å²) in [5.41, 5.74) is 1.98. The zero-order valence-electron chi connectivity index (χ0n) is 17.6. The van der Waals surface area contributed by atoms with Gasteiger partial charge in [0.05, 0.1) is 13.2 Å². The highest BCUT2D eigenvalue weighted by molar-refractivity contribution is 5.94. The number of amides is 2. The van der Waals surface area contributed by atoms with Crippen LogP contribution >= 0.6 is 0 Å².